The van der Waals surface area contributed by atoms with Gasteiger partial charge in [-0.05, 0) is 38.3 Å². The number of fused-ring (bicyclic) bond motifs is 1. The maximum absolute atomic E-state index is 11.3. The van der Waals surface area contributed by atoms with Crippen molar-refractivity contribution in [2.45, 2.75) is 38.1 Å². The second kappa shape index (κ2) is 10.8. The van der Waals surface area contributed by atoms with Crippen LogP contribution < -0.4 is 68.8 Å². The third-order valence-electron chi connectivity index (χ3n) is 4.63. The average molecular weight is 451 g/mol. The Morgan fingerprint density at radius 2 is 1.75 bits per heavy atom. The summed E-state index contributed by atoms with van der Waals surface area (Å²) >= 11 is 0. The molecule has 12 heteroatoms. The van der Waals surface area contributed by atoms with Crippen LogP contribution in [0.15, 0.2) is 18.2 Å². The fourth-order valence-electron chi connectivity index (χ4n) is 3.60. The van der Waals surface area contributed by atoms with Crippen LogP contribution in [0.5, 0.6) is 5.75 Å². The summed E-state index contributed by atoms with van der Waals surface area (Å²) < 4.78 is 71.9. The van der Waals surface area contributed by atoms with Gasteiger partial charge in [0.2, 0.25) is 0 Å². The van der Waals surface area contributed by atoms with Crippen molar-refractivity contribution in [2.75, 3.05) is 30.1 Å². The Morgan fingerprint density at radius 1 is 1.14 bits per heavy atom. The van der Waals surface area contributed by atoms with Gasteiger partial charge in [0.05, 0.1) is 27.3 Å². The van der Waals surface area contributed by atoms with E-state index in [1.54, 1.807) is 18.2 Å². The van der Waals surface area contributed by atoms with Crippen LogP contribution in [0, 0.1) is 0 Å². The van der Waals surface area contributed by atoms with Crippen LogP contribution in [0.25, 0.3) is 0 Å². The van der Waals surface area contributed by atoms with E-state index in [4.69, 9.17) is 4.74 Å². The van der Waals surface area contributed by atoms with Crippen LogP contribution in [-0.4, -0.2) is 56.6 Å². The maximum Gasteiger partial charge on any atom is 1.00 e. The second-order valence-electron chi connectivity index (χ2n) is 7.13. The van der Waals surface area contributed by atoms with E-state index in [0.29, 0.717) is 30.0 Å². The van der Waals surface area contributed by atoms with E-state index < -0.39 is 43.2 Å². The molecule has 2 rings (SSSR count). The Bertz CT molecular complexity index is 873. The quantitative estimate of drug-likeness (QED) is 0.299. The smallest absolute Gasteiger partial charge is 0.748 e. The number of hydrogen-bond donors (Lipinski definition) is 0. The van der Waals surface area contributed by atoms with Crippen molar-refractivity contribution in [3.63, 3.8) is 0 Å². The van der Waals surface area contributed by atoms with Gasteiger partial charge in [0, 0.05) is 41.3 Å². The number of hydrogen-bond acceptors (Lipinski definition) is 8. The zero-order valence-corrected chi connectivity index (χ0v) is 22.6. The number of nitrogens with zero attached hydrogens (tertiary/aromatic N) is 1. The fraction of sp³-hybridized carbons (Fsp3) is 0.625. The molecule has 1 aromatic carbocycles. The van der Waals surface area contributed by atoms with Crippen LogP contribution in [0.2, 0.25) is 0 Å². The summed E-state index contributed by atoms with van der Waals surface area (Å²) in [5.74, 6) is -0.880. The van der Waals surface area contributed by atoms with Gasteiger partial charge in [-0.3, -0.25) is 0 Å². The molecule has 1 aliphatic rings. The molecule has 0 saturated heterocycles. The largest absolute Gasteiger partial charge is 1.00 e. The monoisotopic (exact) mass is 451 g/mol. The number of ether oxygens (including phenoxy) is 1. The standard InChI is InChI=1S/C16H25NO7S2.2Na/c1-16(2)10-12(11-26(21,22)23)14-6-5-13(24-3)9-15(14)17(16)7-4-8-25(18,19)20;;/h5-6,9,12H,4,7-8,10-11H2,1-3H3,(H,18,19,20)(H,21,22,23);;/q;2*+1/p-2. The number of rotatable bonds is 7. The summed E-state index contributed by atoms with van der Waals surface area (Å²) in [5, 5.41) is 0. The zero-order valence-electron chi connectivity index (χ0n) is 17.0. The molecule has 0 fully saturated rings. The first-order valence-electron chi connectivity index (χ1n) is 8.15. The second-order valence-corrected chi connectivity index (χ2v) is 10.1. The molecule has 1 aliphatic heterocycles. The minimum Gasteiger partial charge on any atom is -0.748 e. The van der Waals surface area contributed by atoms with Gasteiger partial charge in [-0.25, -0.2) is 16.8 Å². The van der Waals surface area contributed by atoms with E-state index in [0.717, 1.165) is 0 Å². The molecular formula is C16H23NNa2O7S2. The summed E-state index contributed by atoms with van der Waals surface area (Å²) in [6, 6.07) is 5.17. The molecule has 28 heavy (non-hydrogen) atoms. The van der Waals surface area contributed by atoms with Gasteiger partial charge < -0.3 is 18.7 Å². The molecule has 0 N–H and O–H groups in total. The maximum atomic E-state index is 11.3. The topological polar surface area (TPSA) is 127 Å². The van der Waals surface area contributed by atoms with Crippen LogP contribution in [0.1, 0.15) is 38.2 Å². The van der Waals surface area contributed by atoms with Crippen LogP contribution >= 0.6 is 0 Å². The van der Waals surface area contributed by atoms with Gasteiger partial charge in [-0.2, -0.15) is 0 Å². The van der Waals surface area contributed by atoms with E-state index in [1.165, 1.54) is 7.11 Å². The Kier molecular flexibility index (Phi) is 11.0. The molecular weight excluding hydrogens is 428 g/mol. The van der Waals surface area contributed by atoms with Gasteiger partial charge in [-0.1, -0.05) is 6.07 Å². The molecule has 1 aromatic rings. The third kappa shape index (κ3) is 8.05. The SMILES string of the molecule is COc1ccc2c(c1)N(CCCS(=O)(=O)[O-])C(C)(C)CC2CS(=O)(=O)[O-].[Na+].[Na+]. The van der Waals surface area contributed by atoms with Crippen molar-refractivity contribution in [1.29, 1.82) is 0 Å². The predicted molar refractivity (Wildman–Crippen MR) is 95.5 cm³/mol. The molecule has 0 spiro atoms. The molecule has 8 nitrogen and oxygen atoms in total. The van der Waals surface area contributed by atoms with Crippen molar-refractivity contribution < 1.29 is 89.8 Å². The number of anilines is 1. The molecule has 0 bridgehead atoms. The van der Waals surface area contributed by atoms with Crippen LogP contribution in [-0.2, 0) is 20.2 Å². The number of benzene rings is 1. The van der Waals surface area contributed by atoms with E-state index in [2.05, 4.69) is 0 Å². The van der Waals surface area contributed by atoms with Gasteiger partial charge >= 0.3 is 59.1 Å². The van der Waals surface area contributed by atoms with Crippen molar-refractivity contribution in [3.05, 3.63) is 23.8 Å². The first kappa shape index (κ1) is 28.6. The first-order chi connectivity index (χ1) is 11.8. The van der Waals surface area contributed by atoms with Gasteiger partial charge in [0.15, 0.2) is 0 Å². The Labute approximate surface area is 211 Å². The summed E-state index contributed by atoms with van der Waals surface area (Å²) in [5.41, 5.74) is 0.869. The van der Waals surface area contributed by atoms with E-state index in [1.807, 2.05) is 18.7 Å². The summed E-state index contributed by atoms with van der Waals surface area (Å²) in [7, 11) is -7.21. The van der Waals surface area contributed by atoms with Crippen LogP contribution in [0.3, 0.4) is 0 Å². The van der Waals surface area contributed by atoms with E-state index in [-0.39, 0.29) is 65.5 Å². The molecule has 0 radical (unpaired) electrons. The van der Waals surface area contributed by atoms with Crippen LogP contribution in [0.4, 0.5) is 5.69 Å². The Hall–Kier alpha value is 0.640. The van der Waals surface area contributed by atoms with E-state index in [9.17, 15) is 25.9 Å². The summed E-state index contributed by atoms with van der Waals surface area (Å²) in [6.07, 6.45) is 0.564. The summed E-state index contributed by atoms with van der Waals surface area (Å²) in [4.78, 5) is 1.95. The normalized spacial score (nSPS) is 18.5. The minimum atomic E-state index is -4.41. The first-order valence-corrected chi connectivity index (χ1v) is 11.3. The molecule has 148 valence electrons. The molecule has 0 saturated carbocycles. The summed E-state index contributed by atoms with van der Waals surface area (Å²) in [6.45, 7) is 4.10. The van der Waals surface area contributed by atoms with Crippen molar-refractivity contribution >= 4 is 25.9 Å². The molecule has 1 atom stereocenters. The predicted octanol–water partition coefficient (Wildman–Crippen LogP) is -4.74. The third-order valence-corrected chi connectivity index (χ3v) is 6.23. The van der Waals surface area contributed by atoms with Crippen molar-refractivity contribution in [3.8, 4) is 5.75 Å². The molecule has 0 aliphatic carbocycles. The molecule has 1 unspecified atom stereocenters. The van der Waals surface area contributed by atoms with Gasteiger partial charge in [-0.15, -0.1) is 0 Å². The van der Waals surface area contributed by atoms with Gasteiger partial charge in [0.25, 0.3) is 0 Å². The van der Waals surface area contributed by atoms with Crippen molar-refractivity contribution in [2.24, 2.45) is 0 Å². The zero-order chi connectivity index (χ0) is 19.8. The Balaban J connectivity index is 0.00000364. The van der Waals surface area contributed by atoms with Crippen molar-refractivity contribution in [1.82, 2.24) is 0 Å². The molecule has 0 aromatic heterocycles. The average Bonchev–Trinajstić information content (AvgIpc) is 2.46. The Morgan fingerprint density at radius 3 is 2.25 bits per heavy atom. The van der Waals surface area contributed by atoms with E-state index >= 15 is 0 Å². The minimum absolute atomic E-state index is 0. The number of methoxy groups -OCH3 is 1. The van der Waals surface area contributed by atoms with Gasteiger partial charge in [0.1, 0.15) is 5.75 Å². The molecule has 0 amide bonds. The fourth-order valence-corrected chi connectivity index (χ4v) is 4.87. The molecule has 1 heterocycles.